The predicted octanol–water partition coefficient (Wildman–Crippen LogP) is 4.97. The molecule has 0 radical (unpaired) electrons. The molecule has 0 spiro atoms. The second kappa shape index (κ2) is 7.83. The fourth-order valence-electron chi connectivity index (χ4n) is 2.10. The molecular weight excluding hydrogens is 340 g/mol. The third kappa shape index (κ3) is 5.95. The van der Waals surface area contributed by atoms with E-state index in [1.165, 1.54) is 36.4 Å². The Kier molecular flexibility index (Phi) is 5.80. The molecule has 132 valence electrons. The van der Waals surface area contributed by atoms with E-state index in [-0.39, 0.29) is 6.61 Å². The zero-order chi connectivity index (χ0) is 18.4. The minimum Gasteiger partial charge on any atom is -0.463 e. The van der Waals surface area contributed by atoms with Crippen molar-refractivity contribution in [2.45, 2.75) is 13.3 Å². The van der Waals surface area contributed by atoms with Crippen LogP contribution in [-0.2, 0) is 9.53 Å². The Balaban J connectivity index is 2.31. The third-order valence-corrected chi connectivity index (χ3v) is 3.02. The molecule has 0 bridgehead atoms. The summed E-state index contributed by atoms with van der Waals surface area (Å²) in [5, 5.41) is 0. The number of halogens is 4. The number of benzene rings is 2. The molecule has 7 heteroatoms. The van der Waals surface area contributed by atoms with Gasteiger partial charge in [-0.25, -0.2) is 9.18 Å². The molecule has 0 aliphatic carbocycles. The molecule has 0 aromatic heterocycles. The maximum atomic E-state index is 13.8. The smallest absolute Gasteiger partial charge is 0.463 e. The molecule has 0 N–H and O–H groups in total. The second-order valence-corrected chi connectivity index (χ2v) is 4.93. The Morgan fingerprint density at radius 3 is 2.56 bits per heavy atom. The molecule has 0 saturated heterocycles. The summed E-state index contributed by atoms with van der Waals surface area (Å²) < 4.78 is 59.3. The first kappa shape index (κ1) is 18.5. The number of carbonyl (C=O) groups is 1. The van der Waals surface area contributed by atoms with Gasteiger partial charge in [-0.1, -0.05) is 12.1 Å². The van der Waals surface area contributed by atoms with Gasteiger partial charge in [-0.05, 0) is 60.0 Å². The molecule has 0 unspecified atom stereocenters. The lowest BCUT2D eigenvalue weighted by Gasteiger charge is -2.10. The topological polar surface area (TPSA) is 35.5 Å². The van der Waals surface area contributed by atoms with Gasteiger partial charge in [0, 0.05) is 6.08 Å². The van der Waals surface area contributed by atoms with Crippen LogP contribution >= 0.6 is 0 Å². The lowest BCUT2D eigenvalue weighted by Crippen LogP contribution is -2.17. The van der Waals surface area contributed by atoms with Gasteiger partial charge in [0.1, 0.15) is 11.6 Å². The lowest BCUT2D eigenvalue weighted by atomic mass is 10.0. The zero-order valence-corrected chi connectivity index (χ0v) is 13.1. The number of ether oxygens (including phenoxy) is 2. The summed E-state index contributed by atoms with van der Waals surface area (Å²) in [7, 11) is 0. The molecule has 2 aromatic rings. The number of alkyl halides is 3. The summed E-state index contributed by atoms with van der Waals surface area (Å²) in [5.74, 6) is -1.57. The van der Waals surface area contributed by atoms with Gasteiger partial charge in [-0.2, -0.15) is 0 Å². The highest BCUT2D eigenvalue weighted by Gasteiger charge is 2.31. The molecule has 0 aliphatic heterocycles. The molecule has 0 aliphatic rings. The maximum absolute atomic E-state index is 13.8. The van der Waals surface area contributed by atoms with E-state index in [0.717, 1.165) is 18.2 Å². The van der Waals surface area contributed by atoms with Crippen LogP contribution in [0, 0.1) is 5.82 Å². The van der Waals surface area contributed by atoms with Gasteiger partial charge in [0.2, 0.25) is 0 Å². The van der Waals surface area contributed by atoms with Crippen LogP contribution in [0.1, 0.15) is 12.5 Å². The fourth-order valence-corrected chi connectivity index (χ4v) is 2.10. The summed E-state index contributed by atoms with van der Waals surface area (Å²) in [6.45, 7) is 1.87. The zero-order valence-electron chi connectivity index (χ0n) is 13.1. The number of hydrogen-bond acceptors (Lipinski definition) is 3. The third-order valence-electron chi connectivity index (χ3n) is 3.02. The molecule has 0 fully saturated rings. The van der Waals surface area contributed by atoms with Crippen molar-refractivity contribution < 1.29 is 31.8 Å². The van der Waals surface area contributed by atoms with Crippen molar-refractivity contribution in [3.8, 4) is 16.9 Å². The van der Waals surface area contributed by atoms with Crippen LogP contribution in [0.4, 0.5) is 17.6 Å². The fraction of sp³-hybridized carbons (Fsp3) is 0.167. The molecule has 25 heavy (non-hydrogen) atoms. The average molecular weight is 354 g/mol. The molecule has 2 rings (SSSR count). The van der Waals surface area contributed by atoms with Gasteiger partial charge in [-0.3, -0.25) is 0 Å². The summed E-state index contributed by atoms with van der Waals surface area (Å²) >= 11 is 0. The van der Waals surface area contributed by atoms with E-state index in [9.17, 15) is 22.4 Å². The lowest BCUT2D eigenvalue weighted by molar-refractivity contribution is -0.274. The molecule has 0 amide bonds. The van der Waals surface area contributed by atoms with Crippen molar-refractivity contribution in [2.24, 2.45) is 0 Å². The van der Waals surface area contributed by atoms with Crippen molar-refractivity contribution in [1.82, 2.24) is 0 Å². The number of carbonyl (C=O) groups excluding carboxylic acids is 1. The van der Waals surface area contributed by atoms with Gasteiger partial charge in [-0.15, -0.1) is 13.2 Å². The van der Waals surface area contributed by atoms with Gasteiger partial charge in [0.05, 0.1) is 6.61 Å². The highest BCUT2D eigenvalue weighted by atomic mass is 19.4. The van der Waals surface area contributed by atoms with Crippen LogP contribution in [-0.4, -0.2) is 18.9 Å². The second-order valence-electron chi connectivity index (χ2n) is 4.93. The summed E-state index contributed by atoms with van der Waals surface area (Å²) in [4.78, 5) is 11.3. The van der Waals surface area contributed by atoms with Crippen molar-refractivity contribution >= 4 is 12.0 Å². The van der Waals surface area contributed by atoms with Crippen molar-refractivity contribution in [2.75, 3.05) is 6.61 Å². The standard InChI is InChI=1S/C18H14F4O3/c1-2-24-17(23)7-6-12-8-14(10-15(19)9-12)13-4-3-5-16(11-13)25-18(20,21)22/h3-11H,2H2,1H3/b7-6+. The summed E-state index contributed by atoms with van der Waals surface area (Å²) in [6, 6.07) is 9.10. The van der Waals surface area contributed by atoms with Gasteiger partial charge >= 0.3 is 12.3 Å². The Morgan fingerprint density at radius 1 is 1.12 bits per heavy atom. The summed E-state index contributed by atoms with van der Waals surface area (Å²) in [5.41, 5.74) is 1.05. The van der Waals surface area contributed by atoms with E-state index in [4.69, 9.17) is 4.74 Å². The predicted molar refractivity (Wildman–Crippen MR) is 84.2 cm³/mol. The van der Waals surface area contributed by atoms with E-state index in [1.807, 2.05) is 0 Å². The Morgan fingerprint density at radius 2 is 1.88 bits per heavy atom. The van der Waals surface area contributed by atoms with Crippen molar-refractivity contribution in [3.05, 3.63) is 59.9 Å². The van der Waals surface area contributed by atoms with E-state index >= 15 is 0 Å². The van der Waals surface area contributed by atoms with Crippen LogP contribution < -0.4 is 4.74 Å². The Bertz CT molecular complexity index is 782. The molecule has 0 heterocycles. The van der Waals surface area contributed by atoms with E-state index in [2.05, 4.69) is 4.74 Å². The van der Waals surface area contributed by atoms with Gasteiger partial charge in [0.25, 0.3) is 0 Å². The normalized spacial score (nSPS) is 11.6. The Labute approximate surface area is 141 Å². The first-order chi connectivity index (χ1) is 11.8. The van der Waals surface area contributed by atoms with E-state index in [1.54, 1.807) is 6.92 Å². The Hall–Kier alpha value is -2.83. The van der Waals surface area contributed by atoms with Crippen LogP contribution in [0.2, 0.25) is 0 Å². The van der Waals surface area contributed by atoms with E-state index in [0.29, 0.717) is 16.7 Å². The first-order valence-electron chi connectivity index (χ1n) is 7.28. The quantitative estimate of drug-likeness (QED) is 0.432. The molecular formula is C18H14F4O3. The minimum absolute atomic E-state index is 0.212. The highest BCUT2D eigenvalue weighted by molar-refractivity contribution is 5.87. The number of rotatable bonds is 5. The minimum atomic E-state index is -4.81. The van der Waals surface area contributed by atoms with E-state index < -0.39 is 23.9 Å². The van der Waals surface area contributed by atoms with Crippen LogP contribution in [0.25, 0.3) is 17.2 Å². The molecule has 0 saturated carbocycles. The molecule has 3 nitrogen and oxygen atoms in total. The monoisotopic (exact) mass is 354 g/mol. The SMILES string of the molecule is CCOC(=O)/C=C/c1cc(F)cc(-c2cccc(OC(F)(F)F)c2)c1. The van der Waals surface area contributed by atoms with Crippen molar-refractivity contribution in [1.29, 1.82) is 0 Å². The van der Waals surface area contributed by atoms with Gasteiger partial charge < -0.3 is 9.47 Å². The summed E-state index contributed by atoms with van der Waals surface area (Å²) in [6.07, 6.45) is -2.31. The maximum Gasteiger partial charge on any atom is 0.573 e. The first-order valence-corrected chi connectivity index (χ1v) is 7.28. The number of hydrogen-bond donors (Lipinski definition) is 0. The molecule has 2 aromatic carbocycles. The van der Waals surface area contributed by atoms with Crippen LogP contribution in [0.5, 0.6) is 5.75 Å². The largest absolute Gasteiger partial charge is 0.573 e. The van der Waals surface area contributed by atoms with Gasteiger partial charge in [0.15, 0.2) is 0 Å². The van der Waals surface area contributed by atoms with Crippen LogP contribution in [0.3, 0.4) is 0 Å². The molecule has 0 atom stereocenters. The number of esters is 1. The van der Waals surface area contributed by atoms with Crippen molar-refractivity contribution in [3.63, 3.8) is 0 Å². The average Bonchev–Trinajstić information content (AvgIpc) is 2.51. The highest BCUT2D eigenvalue weighted by Crippen LogP contribution is 2.29. The van der Waals surface area contributed by atoms with Crippen LogP contribution in [0.15, 0.2) is 48.5 Å².